The van der Waals surface area contributed by atoms with E-state index in [9.17, 15) is 4.79 Å². The lowest BCUT2D eigenvalue weighted by molar-refractivity contribution is -0.126. The van der Waals surface area contributed by atoms with Crippen LogP contribution < -0.4 is 11.1 Å². The van der Waals surface area contributed by atoms with Gasteiger partial charge in [-0.2, -0.15) is 0 Å². The second-order valence-electron chi connectivity index (χ2n) is 4.46. The maximum Gasteiger partial charge on any atom is 0.223 e. The minimum atomic E-state index is 0.128. The molecule has 1 aliphatic rings. The molecule has 1 fully saturated rings. The lowest BCUT2D eigenvalue weighted by atomic mass is 9.95. The normalized spacial score (nSPS) is 23.9. The van der Waals surface area contributed by atoms with Crippen molar-refractivity contribution in [2.75, 3.05) is 6.54 Å². The number of hydrogen-bond acceptors (Lipinski definition) is 3. The highest BCUT2D eigenvalue weighted by molar-refractivity contribution is 9.11. The van der Waals surface area contributed by atoms with Gasteiger partial charge in [-0.05, 0) is 53.4 Å². The SMILES string of the molecule is NC[C@H]1CCC[C@H]1C(=O)NCc1ccc(Br)s1. The fourth-order valence-electron chi connectivity index (χ4n) is 2.42. The fourth-order valence-corrected chi connectivity index (χ4v) is 3.84. The quantitative estimate of drug-likeness (QED) is 0.896. The third-order valence-electron chi connectivity index (χ3n) is 3.36. The van der Waals surface area contributed by atoms with E-state index >= 15 is 0 Å². The van der Waals surface area contributed by atoms with Crippen LogP contribution in [0.5, 0.6) is 0 Å². The Labute approximate surface area is 114 Å². The number of hydrogen-bond donors (Lipinski definition) is 2. The summed E-state index contributed by atoms with van der Waals surface area (Å²) in [7, 11) is 0. The fraction of sp³-hybridized carbons (Fsp3) is 0.583. The Balaban J connectivity index is 1.84. The van der Waals surface area contributed by atoms with E-state index in [0.717, 1.165) is 23.0 Å². The van der Waals surface area contributed by atoms with Gasteiger partial charge in [0, 0.05) is 10.8 Å². The number of rotatable bonds is 4. The number of nitrogens with one attached hydrogen (secondary N) is 1. The van der Waals surface area contributed by atoms with Crippen LogP contribution in [-0.2, 0) is 11.3 Å². The van der Waals surface area contributed by atoms with E-state index in [-0.39, 0.29) is 11.8 Å². The molecule has 0 radical (unpaired) electrons. The molecule has 1 aromatic heterocycles. The highest BCUT2D eigenvalue weighted by Gasteiger charge is 2.31. The molecule has 0 aromatic carbocycles. The van der Waals surface area contributed by atoms with Crippen LogP contribution in [-0.4, -0.2) is 12.5 Å². The van der Waals surface area contributed by atoms with Crippen molar-refractivity contribution in [1.82, 2.24) is 5.32 Å². The van der Waals surface area contributed by atoms with Gasteiger partial charge in [-0.3, -0.25) is 4.79 Å². The number of carbonyl (C=O) groups excluding carboxylic acids is 1. The summed E-state index contributed by atoms with van der Waals surface area (Å²) in [5.74, 6) is 0.677. The van der Waals surface area contributed by atoms with Crippen LogP contribution >= 0.6 is 27.3 Å². The number of halogens is 1. The highest BCUT2D eigenvalue weighted by atomic mass is 79.9. The number of thiophene rings is 1. The number of nitrogens with two attached hydrogens (primary N) is 1. The molecule has 3 N–H and O–H groups in total. The van der Waals surface area contributed by atoms with Gasteiger partial charge in [-0.1, -0.05) is 6.42 Å². The van der Waals surface area contributed by atoms with Crippen molar-refractivity contribution in [3.8, 4) is 0 Å². The first kappa shape index (κ1) is 13.1. The minimum Gasteiger partial charge on any atom is -0.351 e. The first-order valence-electron chi connectivity index (χ1n) is 5.92. The molecule has 0 saturated heterocycles. The average Bonchev–Trinajstić information content (AvgIpc) is 2.94. The van der Waals surface area contributed by atoms with E-state index < -0.39 is 0 Å². The molecule has 0 unspecified atom stereocenters. The molecule has 94 valence electrons. The van der Waals surface area contributed by atoms with Crippen LogP contribution in [0.2, 0.25) is 0 Å². The van der Waals surface area contributed by atoms with Crippen molar-refractivity contribution in [1.29, 1.82) is 0 Å². The van der Waals surface area contributed by atoms with Gasteiger partial charge in [0.05, 0.1) is 10.3 Å². The molecule has 3 nitrogen and oxygen atoms in total. The highest BCUT2D eigenvalue weighted by Crippen LogP contribution is 2.31. The van der Waals surface area contributed by atoms with E-state index in [1.165, 1.54) is 4.88 Å². The Morgan fingerprint density at radius 2 is 2.35 bits per heavy atom. The van der Waals surface area contributed by atoms with Gasteiger partial charge in [-0.25, -0.2) is 0 Å². The van der Waals surface area contributed by atoms with Crippen molar-refractivity contribution in [2.24, 2.45) is 17.6 Å². The third kappa shape index (κ3) is 3.30. The van der Waals surface area contributed by atoms with E-state index in [0.29, 0.717) is 19.0 Å². The van der Waals surface area contributed by atoms with Crippen LogP contribution in [0.1, 0.15) is 24.1 Å². The molecule has 2 rings (SSSR count). The maximum atomic E-state index is 12.0. The molecule has 0 spiro atoms. The van der Waals surface area contributed by atoms with Gasteiger partial charge in [0.2, 0.25) is 5.91 Å². The van der Waals surface area contributed by atoms with Gasteiger partial charge >= 0.3 is 0 Å². The number of carbonyl (C=O) groups is 1. The Morgan fingerprint density at radius 1 is 1.53 bits per heavy atom. The summed E-state index contributed by atoms with van der Waals surface area (Å²) >= 11 is 5.07. The van der Waals surface area contributed by atoms with Gasteiger partial charge < -0.3 is 11.1 Å². The minimum absolute atomic E-state index is 0.128. The number of amides is 1. The second-order valence-corrected chi connectivity index (χ2v) is 7.00. The second kappa shape index (κ2) is 5.98. The Kier molecular flexibility index (Phi) is 4.59. The molecule has 1 aliphatic carbocycles. The maximum absolute atomic E-state index is 12.0. The molecular weight excluding hydrogens is 300 g/mol. The Bertz CT molecular complexity index is 394. The van der Waals surface area contributed by atoms with Crippen LogP contribution in [0.3, 0.4) is 0 Å². The van der Waals surface area contributed by atoms with E-state index in [2.05, 4.69) is 21.2 Å². The molecule has 0 aliphatic heterocycles. The summed E-state index contributed by atoms with van der Waals surface area (Å²) in [5.41, 5.74) is 5.69. The van der Waals surface area contributed by atoms with Gasteiger partial charge in [0.25, 0.3) is 0 Å². The van der Waals surface area contributed by atoms with Crippen molar-refractivity contribution < 1.29 is 4.79 Å². The largest absolute Gasteiger partial charge is 0.351 e. The molecule has 1 amide bonds. The van der Waals surface area contributed by atoms with Crippen LogP contribution in [0.15, 0.2) is 15.9 Å². The summed E-state index contributed by atoms with van der Waals surface area (Å²) in [6.45, 7) is 1.26. The predicted octanol–water partition coefficient (Wildman–Crippen LogP) is 2.50. The standard InChI is InChI=1S/C12H17BrN2OS/c13-11-5-4-9(17-11)7-15-12(16)10-3-1-2-8(10)6-14/h4-5,8,10H,1-3,6-7,14H2,(H,15,16)/t8-,10-/m1/s1. The first-order chi connectivity index (χ1) is 8.20. The van der Waals surface area contributed by atoms with Gasteiger partial charge in [0.15, 0.2) is 0 Å². The molecule has 2 atom stereocenters. The van der Waals surface area contributed by atoms with E-state index in [4.69, 9.17) is 5.73 Å². The van der Waals surface area contributed by atoms with Crippen molar-refractivity contribution in [2.45, 2.75) is 25.8 Å². The predicted molar refractivity (Wildman–Crippen MR) is 73.8 cm³/mol. The lowest BCUT2D eigenvalue weighted by Gasteiger charge is -2.16. The zero-order chi connectivity index (χ0) is 12.3. The molecule has 5 heteroatoms. The van der Waals surface area contributed by atoms with E-state index in [1.54, 1.807) is 11.3 Å². The molecule has 17 heavy (non-hydrogen) atoms. The zero-order valence-corrected chi connectivity index (χ0v) is 12.0. The summed E-state index contributed by atoms with van der Waals surface area (Å²) in [6.07, 6.45) is 3.21. The smallest absolute Gasteiger partial charge is 0.223 e. The summed E-state index contributed by atoms with van der Waals surface area (Å²) in [6, 6.07) is 4.04. The first-order valence-corrected chi connectivity index (χ1v) is 7.53. The summed E-state index contributed by atoms with van der Waals surface area (Å²) in [5, 5.41) is 3.01. The Hall–Kier alpha value is -0.390. The third-order valence-corrected chi connectivity index (χ3v) is 4.99. The zero-order valence-electron chi connectivity index (χ0n) is 9.62. The Morgan fingerprint density at radius 3 is 3.00 bits per heavy atom. The van der Waals surface area contributed by atoms with E-state index in [1.807, 2.05) is 12.1 Å². The molecule has 0 bridgehead atoms. The lowest BCUT2D eigenvalue weighted by Crippen LogP contribution is -2.34. The van der Waals surface area contributed by atoms with Crippen LogP contribution in [0, 0.1) is 11.8 Å². The summed E-state index contributed by atoms with van der Waals surface area (Å²) < 4.78 is 1.10. The van der Waals surface area contributed by atoms with Crippen molar-refractivity contribution >= 4 is 33.2 Å². The molecule has 1 saturated carbocycles. The monoisotopic (exact) mass is 316 g/mol. The molecule has 1 aromatic rings. The molecular formula is C12H17BrN2OS. The topological polar surface area (TPSA) is 55.1 Å². The summed E-state index contributed by atoms with van der Waals surface area (Å²) in [4.78, 5) is 13.2. The van der Waals surface area contributed by atoms with Crippen molar-refractivity contribution in [3.05, 3.63) is 20.8 Å². The molecule has 1 heterocycles. The van der Waals surface area contributed by atoms with Crippen LogP contribution in [0.25, 0.3) is 0 Å². The van der Waals surface area contributed by atoms with Gasteiger partial charge in [0.1, 0.15) is 0 Å². The van der Waals surface area contributed by atoms with Crippen LogP contribution in [0.4, 0.5) is 0 Å². The average molecular weight is 317 g/mol. The van der Waals surface area contributed by atoms with Gasteiger partial charge in [-0.15, -0.1) is 11.3 Å². The van der Waals surface area contributed by atoms with Crippen molar-refractivity contribution in [3.63, 3.8) is 0 Å².